The van der Waals surface area contributed by atoms with Crippen LogP contribution in [0, 0.1) is 0 Å². The molecule has 80 valence electrons. The summed E-state index contributed by atoms with van der Waals surface area (Å²) in [7, 11) is 0. The lowest BCUT2D eigenvalue weighted by Gasteiger charge is -2.02. The molecule has 0 saturated carbocycles. The number of hydrogen-bond acceptors (Lipinski definition) is 2. The van der Waals surface area contributed by atoms with Gasteiger partial charge in [-0.05, 0) is 24.1 Å². The molecule has 0 radical (unpaired) electrons. The Balaban J connectivity index is 3.02. The van der Waals surface area contributed by atoms with Crippen LogP contribution < -0.4 is 11.5 Å². The number of benzene rings is 1. The summed E-state index contributed by atoms with van der Waals surface area (Å²) in [5.74, 6) is -0.0315. The van der Waals surface area contributed by atoms with Gasteiger partial charge in [0, 0.05) is 4.47 Å². The quantitative estimate of drug-likeness (QED) is 0.499. The Hall–Kier alpha value is -1.36. The Kier molecular flexibility index (Phi) is 4.30. The van der Waals surface area contributed by atoms with Crippen LogP contribution in [0.2, 0.25) is 0 Å². The van der Waals surface area contributed by atoms with Crippen LogP contribution in [0.15, 0.2) is 38.9 Å². The van der Waals surface area contributed by atoms with E-state index < -0.39 is 0 Å². The molecule has 4 nitrogen and oxygen atoms in total. The molecule has 0 aromatic heterocycles. The van der Waals surface area contributed by atoms with Gasteiger partial charge in [-0.3, -0.25) is 0 Å². The summed E-state index contributed by atoms with van der Waals surface area (Å²) in [5.41, 5.74) is 12.3. The number of rotatable bonds is 3. The van der Waals surface area contributed by atoms with Crippen LogP contribution in [0.1, 0.15) is 18.9 Å². The van der Waals surface area contributed by atoms with E-state index in [0.29, 0.717) is 0 Å². The van der Waals surface area contributed by atoms with Crippen molar-refractivity contribution < 1.29 is 0 Å². The molecular weight excluding hydrogens is 256 g/mol. The van der Waals surface area contributed by atoms with Crippen LogP contribution in [-0.2, 0) is 0 Å². The van der Waals surface area contributed by atoms with Crippen molar-refractivity contribution in [1.82, 2.24) is 0 Å². The van der Waals surface area contributed by atoms with Gasteiger partial charge in [0.05, 0.1) is 5.71 Å². The lowest BCUT2D eigenvalue weighted by molar-refractivity contribution is 1.15. The van der Waals surface area contributed by atoms with Crippen molar-refractivity contribution in [3.63, 3.8) is 0 Å². The minimum Gasteiger partial charge on any atom is -0.369 e. The zero-order valence-corrected chi connectivity index (χ0v) is 10.0. The van der Waals surface area contributed by atoms with Crippen molar-refractivity contribution in [3.05, 3.63) is 34.3 Å². The minimum absolute atomic E-state index is 0.0315. The van der Waals surface area contributed by atoms with Gasteiger partial charge in [-0.2, -0.15) is 5.10 Å². The van der Waals surface area contributed by atoms with Crippen molar-refractivity contribution >= 4 is 27.6 Å². The van der Waals surface area contributed by atoms with Gasteiger partial charge in [0.1, 0.15) is 0 Å². The number of nitrogens with two attached hydrogens (primary N) is 2. The molecule has 1 rings (SSSR count). The lowest BCUT2D eigenvalue weighted by Crippen LogP contribution is -2.22. The Morgan fingerprint density at radius 1 is 1.33 bits per heavy atom. The second kappa shape index (κ2) is 5.50. The Morgan fingerprint density at radius 2 is 2.07 bits per heavy atom. The van der Waals surface area contributed by atoms with E-state index in [1.165, 1.54) is 0 Å². The van der Waals surface area contributed by atoms with Gasteiger partial charge in [-0.25, -0.2) is 0 Å². The van der Waals surface area contributed by atoms with Crippen LogP contribution in [0.4, 0.5) is 0 Å². The SMILES string of the molecule is CC/C(=N/N=C(N)N)c1cccc(Br)c1. The molecule has 15 heavy (non-hydrogen) atoms. The van der Waals surface area contributed by atoms with E-state index in [4.69, 9.17) is 11.5 Å². The molecule has 0 aliphatic rings. The Morgan fingerprint density at radius 3 is 2.60 bits per heavy atom. The molecule has 0 fully saturated rings. The van der Waals surface area contributed by atoms with Gasteiger partial charge in [0.25, 0.3) is 0 Å². The molecule has 1 aromatic carbocycles. The largest absolute Gasteiger partial charge is 0.369 e. The molecule has 0 saturated heterocycles. The standard InChI is InChI=1S/C10H13BrN4/c1-2-9(14-15-10(12)13)7-4-3-5-8(11)6-7/h3-6H,2H2,1H3,(H4,12,13,15)/b14-9-. The predicted molar refractivity (Wildman–Crippen MR) is 66.8 cm³/mol. The zero-order chi connectivity index (χ0) is 11.3. The molecule has 0 heterocycles. The zero-order valence-electron chi connectivity index (χ0n) is 8.44. The highest BCUT2D eigenvalue weighted by Crippen LogP contribution is 2.13. The second-order valence-electron chi connectivity index (χ2n) is 2.94. The van der Waals surface area contributed by atoms with Gasteiger partial charge < -0.3 is 11.5 Å². The van der Waals surface area contributed by atoms with Crippen LogP contribution in [-0.4, -0.2) is 11.7 Å². The van der Waals surface area contributed by atoms with Gasteiger partial charge in [-0.1, -0.05) is 35.0 Å². The Bertz CT molecular complexity index is 394. The first kappa shape index (κ1) is 11.7. The van der Waals surface area contributed by atoms with Crippen molar-refractivity contribution in [2.24, 2.45) is 21.7 Å². The van der Waals surface area contributed by atoms with Crippen molar-refractivity contribution in [1.29, 1.82) is 0 Å². The first-order valence-electron chi connectivity index (χ1n) is 4.55. The molecule has 0 amide bonds. The van der Waals surface area contributed by atoms with E-state index in [1.54, 1.807) is 0 Å². The van der Waals surface area contributed by atoms with Crippen LogP contribution >= 0.6 is 15.9 Å². The summed E-state index contributed by atoms with van der Waals surface area (Å²) in [6.45, 7) is 2.00. The van der Waals surface area contributed by atoms with E-state index in [9.17, 15) is 0 Å². The molecule has 0 bridgehead atoms. The monoisotopic (exact) mass is 268 g/mol. The maximum absolute atomic E-state index is 5.21. The summed E-state index contributed by atoms with van der Waals surface area (Å²) < 4.78 is 1.01. The smallest absolute Gasteiger partial charge is 0.211 e. The van der Waals surface area contributed by atoms with E-state index in [1.807, 2.05) is 31.2 Å². The van der Waals surface area contributed by atoms with E-state index >= 15 is 0 Å². The summed E-state index contributed by atoms with van der Waals surface area (Å²) in [6, 6.07) is 7.84. The third-order valence-electron chi connectivity index (χ3n) is 1.78. The maximum atomic E-state index is 5.21. The van der Waals surface area contributed by atoms with E-state index in [-0.39, 0.29) is 5.96 Å². The second-order valence-corrected chi connectivity index (χ2v) is 3.85. The molecule has 1 aromatic rings. The Labute approximate surface area is 97.2 Å². The lowest BCUT2D eigenvalue weighted by atomic mass is 10.1. The highest BCUT2D eigenvalue weighted by Gasteiger charge is 2.01. The fourth-order valence-corrected chi connectivity index (χ4v) is 1.52. The van der Waals surface area contributed by atoms with E-state index in [2.05, 4.69) is 26.1 Å². The normalized spacial score (nSPS) is 11.2. The minimum atomic E-state index is -0.0315. The number of guanidine groups is 1. The number of hydrogen-bond donors (Lipinski definition) is 2. The molecule has 0 atom stereocenters. The van der Waals surface area contributed by atoms with Crippen LogP contribution in [0.3, 0.4) is 0 Å². The fraction of sp³-hybridized carbons (Fsp3) is 0.200. The van der Waals surface area contributed by atoms with E-state index in [0.717, 1.165) is 22.2 Å². The van der Waals surface area contributed by atoms with Crippen molar-refractivity contribution in [3.8, 4) is 0 Å². The number of halogens is 1. The highest BCUT2D eigenvalue weighted by atomic mass is 79.9. The van der Waals surface area contributed by atoms with Gasteiger partial charge in [0.15, 0.2) is 0 Å². The molecule has 0 spiro atoms. The third kappa shape index (κ3) is 3.71. The first-order valence-corrected chi connectivity index (χ1v) is 5.34. The topological polar surface area (TPSA) is 76.8 Å². The summed E-state index contributed by atoms with van der Waals surface area (Å²) in [6.07, 6.45) is 0.771. The van der Waals surface area contributed by atoms with Crippen molar-refractivity contribution in [2.75, 3.05) is 0 Å². The van der Waals surface area contributed by atoms with Gasteiger partial charge >= 0.3 is 0 Å². The van der Waals surface area contributed by atoms with Gasteiger partial charge in [0.2, 0.25) is 5.96 Å². The number of nitrogens with zero attached hydrogens (tertiary/aromatic N) is 2. The summed E-state index contributed by atoms with van der Waals surface area (Å²) in [5, 5.41) is 7.63. The fourth-order valence-electron chi connectivity index (χ4n) is 1.12. The molecule has 0 aliphatic carbocycles. The average Bonchev–Trinajstić information content (AvgIpc) is 2.18. The maximum Gasteiger partial charge on any atom is 0.211 e. The summed E-state index contributed by atoms with van der Waals surface area (Å²) in [4.78, 5) is 0. The van der Waals surface area contributed by atoms with Crippen LogP contribution in [0.25, 0.3) is 0 Å². The van der Waals surface area contributed by atoms with Crippen molar-refractivity contribution in [2.45, 2.75) is 13.3 Å². The van der Waals surface area contributed by atoms with Gasteiger partial charge in [-0.15, -0.1) is 5.10 Å². The molecule has 4 N–H and O–H groups in total. The molecule has 0 aliphatic heterocycles. The summed E-state index contributed by atoms with van der Waals surface area (Å²) >= 11 is 3.40. The highest BCUT2D eigenvalue weighted by molar-refractivity contribution is 9.10. The van der Waals surface area contributed by atoms with Crippen LogP contribution in [0.5, 0.6) is 0 Å². The molecule has 0 unspecified atom stereocenters. The third-order valence-corrected chi connectivity index (χ3v) is 2.27. The average molecular weight is 269 g/mol. The molecule has 5 heteroatoms. The first-order chi connectivity index (χ1) is 7.13. The predicted octanol–water partition coefficient (Wildman–Crippen LogP) is 1.84. The molecular formula is C10H13BrN4.